The standard InChI is InChI=1S/C18H17N3O4.C2H6/c1-10-13(9-14(19)18(22)23)17-15(20-10)7-12(8-16(17)21(24)25)11-5-3-2-4-6-11;1-2/h2-8,14,20H,9,19H2,1H3,(H,22,23);1-2H3. The molecule has 7 nitrogen and oxygen atoms in total. The number of rotatable bonds is 5. The Bertz CT molecular complexity index is 964. The summed E-state index contributed by atoms with van der Waals surface area (Å²) in [6.07, 6.45) is 0.0205. The normalized spacial score (nSPS) is 11.6. The SMILES string of the molecule is CC.Cc1[nH]c2cc(-c3ccccc3)cc([N+](=O)[O-])c2c1CC(N)C(=O)O. The summed E-state index contributed by atoms with van der Waals surface area (Å²) in [5.41, 5.74) is 8.99. The zero-order valence-corrected chi connectivity index (χ0v) is 15.5. The van der Waals surface area contributed by atoms with Gasteiger partial charge in [0.25, 0.3) is 5.69 Å². The van der Waals surface area contributed by atoms with Crippen LogP contribution >= 0.6 is 0 Å². The number of hydrogen-bond acceptors (Lipinski definition) is 4. The number of aryl methyl sites for hydroxylation is 1. The smallest absolute Gasteiger partial charge is 0.320 e. The van der Waals surface area contributed by atoms with Gasteiger partial charge in [-0.15, -0.1) is 0 Å². The van der Waals surface area contributed by atoms with E-state index in [-0.39, 0.29) is 12.1 Å². The van der Waals surface area contributed by atoms with E-state index in [9.17, 15) is 14.9 Å². The zero-order chi connectivity index (χ0) is 20.1. The second-order valence-corrected chi connectivity index (χ2v) is 5.92. The van der Waals surface area contributed by atoms with Crippen LogP contribution in [0.3, 0.4) is 0 Å². The number of H-pyrrole nitrogens is 1. The molecule has 0 amide bonds. The lowest BCUT2D eigenvalue weighted by molar-refractivity contribution is -0.383. The number of nitrogens with two attached hydrogens (primary N) is 1. The highest BCUT2D eigenvalue weighted by Gasteiger charge is 2.24. The average Bonchev–Trinajstić information content (AvgIpc) is 2.98. The van der Waals surface area contributed by atoms with Gasteiger partial charge in [-0.1, -0.05) is 44.2 Å². The number of nitro groups is 1. The second kappa shape index (κ2) is 8.46. The highest BCUT2D eigenvalue weighted by atomic mass is 16.6. The first-order valence-corrected chi connectivity index (χ1v) is 8.72. The van der Waals surface area contributed by atoms with Crippen LogP contribution in [0.2, 0.25) is 0 Å². The molecule has 0 aliphatic rings. The Balaban J connectivity index is 0.00000126. The van der Waals surface area contributed by atoms with Gasteiger partial charge in [0.05, 0.1) is 15.8 Å². The number of aromatic nitrogens is 1. The molecule has 0 bridgehead atoms. The van der Waals surface area contributed by atoms with Gasteiger partial charge in [0.15, 0.2) is 0 Å². The van der Waals surface area contributed by atoms with E-state index in [2.05, 4.69) is 4.98 Å². The van der Waals surface area contributed by atoms with Crippen molar-refractivity contribution in [2.24, 2.45) is 5.73 Å². The molecule has 2 aromatic carbocycles. The van der Waals surface area contributed by atoms with Crippen LogP contribution in [0.1, 0.15) is 25.1 Å². The second-order valence-electron chi connectivity index (χ2n) is 5.92. The van der Waals surface area contributed by atoms with Crippen LogP contribution in [0.25, 0.3) is 22.0 Å². The maximum absolute atomic E-state index is 11.6. The highest BCUT2D eigenvalue weighted by molar-refractivity contribution is 5.97. The van der Waals surface area contributed by atoms with Crippen molar-refractivity contribution in [3.63, 3.8) is 0 Å². The van der Waals surface area contributed by atoms with Crippen LogP contribution in [0.4, 0.5) is 5.69 Å². The van der Waals surface area contributed by atoms with Gasteiger partial charge in [0.1, 0.15) is 6.04 Å². The molecule has 1 atom stereocenters. The number of fused-ring (bicyclic) bond motifs is 1. The zero-order valence-electron chi connectivity index (χ0n) is 15.5. The number of nitro benzene ring substituents is 1. The Morgan fingerprint density at radius 1 is 1.22 bits per heavy atom. The van der Waals surface area contributed by atoms with E-state index in [0.717, 1.165) is 11.1 Å². The number of carboxylic acid groups (broad SMARTS) is 1. The third-order valence-electron chi connectivity index (χ3n) is 4.24. The Morgan fingerprint density at radius 2 is 1.85 bits per heavy atom. The summed E-state index contributed by atoms with van der Waals surface area (Å²) in [5, 5.41) is 21.1. The number of hydrogen-bond donors (Lipinski definition) is 3. The number of carboxylic acids is 1. The van der Waals surface area contributed by atoms with Crippen LogP contribution in [0, 0.1) is 17.0 Å². The van der Waals surface area contributed by atoms with Crippen molar-refractivity contribution >= 4 is 22.6 Å². The minimum Gasteiger partial charge on any atom is -0.480 e. The predicted molar refractivity (Wildman–Crippen MR) is 106 cm³/mol. The summed E-state index contributed by atoms with van der Waals surface area (Å²) >= 11 is 0. The molecule has 0 spiro atoms. The number of benzene rings is 2. The van der Waals surface area contributed by atoms with Gasteiger partial charge in [-0.05, 0) is 29.7 Å². The minimum atomic E-state index is -1.14. The summed E-state index contributed by atoms with van der Waals surface area (Å²) in [5.74, 6) is -1.14. The number of carbonyl (C=O) groups is 1. The van der Waals surface area contributed by atoms with Crippen molar-refractivity contribution in [2.45, 2.75) is 33.2 Å². The molecule has 0 saturated heterocycles. The number of aromatic amines is 1. The van der Waals surface area contributed by atoms with Crippen molar-refractivity contribution in [2.75, 3.05) is 0 Å². The number of nitrogens with zero attached hydrogens (tertiary/aromatic N) is 1. The van der Waals surface area contributed by atoms with Crippen molar-refractivity contribution in [1.29, 1.82) is 0 Å². The highest BCUT2D eigenvalue weighted by Crippen LogP contribution is 2.36. The molecule has 0 radical (unpaired) electrons. The monoisotopic (exact) mass is 369 g/mol. The molecule has 3 rings (SSSR count). The largest absolute Gasteiger partial charge is 0.480 e. The molecular formula is C20H23N3O4. The molecule has 1 heterocycles. The number of non-ortho nitro benzene ring substituents is 1. The van der Waals surface area contributed by atoms with E-state index in [1.54, 1.807) is 6.92 Å². The fourth-order valence-corrected chi connectivity index (χ4v) is 3.01. The summed E-state index contributed by atoms with van der Waals surface area (Å²) < 4.78 is 0. The third-order valence-corrected chi connectivity index (χ3v) is 4.24. The Kier molecular flexibility index (Phi) is 6.31. The van der Waals surface area contributed by atoms with E-state index >= 15 is 0 Å². The molecule has 1 aromatic heterocycles. The van der Waals surface area contributed by atoms with Crippen molar-refractivity contribution in [3.05, 3.63) is 63.8 Å². The van der Waals surface area contributed by atoms with Crippen LogP contribution < -0.4 is 5.73 Å². The average molecular weight is 369 g/mol. The molecule has 1 unspecified atom stereocenters. The summed E-state index contributed by atoms with van der Waals surface area (Å²) in [4.78, 5) is 25.4. The first kappa shape index (κ1) is 20.1. The molecule has 7 heteroatoms. The van der Waals surface area contributed by atoms with Gasteiger partial charge in [0, 0.05) is 18.2 Å². The summed E-state index contributed by atoms with van der Waals surface area (Å²) in [6.45, 7) is 5.76. The van der Waals surface area contributed by atoms with Gasteiger partial charge in [0.2, 0.25) is 0 Å². The van der Waals surface area contributed by atoms with Gasteiger partial charge < -0.3 is 15.8 Å². The fourth-order valence-electron chi connectivity index (χ4n) is 3.01. The van der Waals surface area contributed by atoms with E-state index < -0.39 is 16.9 Å². The topological polar surface area (TPSA) is 122 Å². The van der Waals surface area contributed by atoms with Gasteiger partial charge >= 0.3 is 5.97 Å². The molecule has 0 aliphatic carbocycles. The molecule has 27 heavy (non-hydrogen) atoms. The lowest BCUT2D eigenvalue weighted by Crippen LogP contribution is -2.32. The Hall–Kier alpha value is -3.19. The number of aliphatic carboxylic acids is 1. The molecule has 4 N–H and O–H groups in total. The molecule has 0 fully saturated rings. The minimum absolute atomic E-state index is 0.0205. The summed E-state index contributed by atoms with van der Waals surface area (Å²) in [6, 6.07) is 11.6. The van der Waals surface area contributed by atoms with E-state index in [0.29, 0.717) is 22.2 Å². The van der Waals surface area contributed by atoms with Gasteiger partial charge in [-0.2, -0.15) is 0 Å². The maximum atomic E-state index is 11.6. The first-order chi connectivity index (χ1) is 12.9. The maximum Gasteiger partial charge on any atom is 0.320 e. The molecule has 0 saturated carbocycles. The van der Waals surface area contributed by atoms with E-state index in [4.69, 9.17) is 10.8 Å². The fraction of sp³-hybridized carbons (Fsp3) is 0.250. The van der Waals surface area contributed by atoms with Crippen LogP contribution in [-0.2, 0) is 11.2 Å². The van der Waals surface area contributed by atoms with Crippen molar-refractivity contribution in [3.8, 4) is 11.1 Å². The Morgan fingerprint density at radius 3 is 2.41 bits per heavy atom. The van der Waals surface area contributed by atoms with Crippen molar-refractivity contribution < 1.29 is 14.8 Å². The first-order valence-electron chi connectivity index (χ1n) is 8.72. The Labute approximate surface area is 157 Å². The lowest BCUT2D eigenvalue weighted by atomic mass is 9.98. The summed E-state index contributed by atoms with van der Waals surface area (Å²) in [7, 11) is 0. The van der Waals surface area contributed by atoms with Crippen molar-refractivity contribution in [1.82, 2.24) is 4.98 Å². The van der Waals surface area contributed by atoms with Crippen LogP contribution in [0.5, 0.6) is 0 Å². The van der Waals surface area contributed by atoms with Crippen LogP contribution in [0.15, 0.2) is 42.5 Å². The van der Waals surface area contributed by atoms with E-state index in [1.807, 2.05) is 50.2 Å². The number of nitrogens with one attached hydrogen (secondary N) is 1. The third kappa shape index (κ3) is 4.15. The van der Waals surface area contributed by atoms with E-state index in [1.165, 1.54) is 6.07 Å². The van der Waals surface area contributed by atoms with Gasteiger partial charge in [-0.25, -0.2) is 0 Å². The van der Waals surface area contributed by atoms with Crippen LogP contribution in [-0.4, -0.2) is 27.0 Å². The van der Waals surface area contributed by atoms with Gasteiger partial charge in [-0.3, -0.25) is 14.9 Å². The quantitative estimate of drug-likeness (QED) is 0.463. The lowest BCUT2D eigenvalue weighted by Gasteiger charge is -2.08. The molecular weight excluding hydrogens is 346 g/mol. The predicted octanol–water partition coefficient (Wildman–Crippen LogP) is 4.03. The molecule has 3 aromatic rings. The molecule has 0 aliphatic heterocycles. The molecule has 142 valence electrons.